The van der Waals surface area contributed by atoms with Gasteiger partial charge in [0.15, 0.2) is 5.75 Å². The highest BCUT2D eigenvalue weighted by atomic mass is 35.5. The normalized spacial score (nSPS) is 10.4. The van der Waals surface area contributed by atoms with Crippen LogP contribution in [0.25, 0.3) is 11.0 Å². The van der Waals surface area contributed by atoms with E-state index < -0.39 is 0 Å². The predicted molar refractivity (Wildman–Crippen MR) is 70.9 cm³/mol. The zero-order valence-corrected chi connectivity index (χ0v) is 11.2. The second-order valence-corrected chi connectivity index (χ2v) is 4.30. The Balaban J connectivity index is 2.12. The number of ether oxygens (including phenoxy) is 1. The highest BCUT2D eigenvalue weighted by Gasteiger charge is 2.17. The number of furan rings is 1. The number of rotatable bonds is 2. The number of nitrogens with zero attached hydrogens (tertiary/aromatic N) is 4. The minimum atomic E-state index is -0.113. The van der Waals surface area contributed by atoms with Crippen LogP contribution in [0.15, 0.2) is 28.7 Å². The SMILES string of the molecule is N#Cc1oc2ccccc2c1Oc1nc(Cl)nc(Cl)n1. The standard InChI is InChI=1S/C12H4Cl2N4O2/c13-10-16-11(14)18-12(17-10)20-9-6-3-1-2-4-7(6)19-8(9)5-15/h1-4H. The fraction of sp³-hybridized carbons (Fsp3) is 0. The maximum Gasteiger partial charge on any atom is 0.327 e. The molecule has 0 saturated heterocycles. The summed E-state index contributed by atoms with van der Waals surface area (Å²) in [5.41, 5.74) is 0.519. The summed E-state index contributed by atoms with van der Waals surface area (Å²) in [6.07, 6.45) is 0. The van der Waals surface area contributed by atoms with Crippen LogP contribution < -0.4 is 4.74 Å². The van der Waals surface area contributed by atoms with Crippen LogP contribution in [0.1, 0.15) is 5.76 Å². The van der Waals surface area contributed by atoms with Crippen molar-refractivity contribution in [3.05, 3.63) is 40.6 Å². The monoisotopic (exact) mass is 306 g/mol. The molecule has 0 bridgehead atoms. The number of nitriles is 1. The van der Waals surface area contributed by atoms with Gasteiger partial charge in [-0.05, 0) is 35.3 Å². The van der Waals surface area contributed by atoms with Crippen molar-refractivity contribution >= 4 is 34.2 Å². The van der Waals surface area contributed by atoms with Gasteiger partial charge in [0.1, 0.15) is 11.7 Å². The molecule has 0 saturated carbocycles. The van der Waals surface area contributed by atoms with Gasteiger partial charge >= 0.3 is 6.01 Å². The Bertz CT molecular complexity index is 821. The van der Waals surface area contributed by atoms with Crippen LogP contribution in [0.2, 0.25) is 10.6 Å². The molecule has 0 fully saturated rings. The summed E-state index contributed by atoms with van der Waals surface area (Å²) in [6.45, 7) is 0. The lowest BCUT2D eigenvalue weighted by atomic mass is 10.2. The molecule has 0 aliphatic heterocycles. The molecule has 0 unspecified atom stereocenters. The molecule has 0 aliphatic rings. The molecule has 2 aromatic heterocycles. The molecule has 6 nitrogen and oxygen atoms in total. The van der Waals surface area contributed by atoms with E-state index >= 15 is 0 Å². The third-order valence-electron chi connectivity index (χ3n) is 2.41. The van der Waals surface area contributed by atoms with Gasteiger partial charge in [0, 0.05) is 0 Å². The summed E-state index contributed by atoms with van der Waals surface area (Å²) < 4.78 is 10.8. The summed E-state index contributed by atoms with van der Waals surface area (Å²) in [4.78, 5) is 11.2. The second kappa shape index (κ2) is 4.96. The van der Waals surface area contributed by atoms with Gasteiger partial charge in [-0.2, -0.15) is 20.2 Å². The van der Waals surface area contributed by atoms with Crippen LogP contribution in [-0.4, -0.2) is 15.0 Å². The highest BCUT2D eigenvalue weighted by Crippen LogP contribution is 2.35. The van der Waals surface area contributed by atoms with Crippen LogP contribution in [0.5, 0.6) is 11.8 Å². The fourth-order valence-corrected chi connectivity index (χ4v) is 1.99. The van der Waals surface area contributed by atoms with E-state index in [2.05, 4.69) is 15.0 Å². The summed E-state index contributed by atoms with van der Waals surface area (Å²) in [5, 5.41) is 9.49. The number of aromatic nitrogens is 3. The van der Waals surface area contributed by atoms with Gasteiger partial charge in [0.25, 0.3) is 0 Å². The maximum atomic E-state index is 9.08. The van der Waals surface area contributed by atoms with E-state index in [9.17, 15) is 0 Å². The van der Waals surface area contributed by atoms with E-state index in [1.165, 1.54) is 0 Å². The molecule has 0 amide bonds. The number of hydrogen-bond donors (Lipinski definition) is 0. The molecule has 20 heavy (non-hydrogen) atoms. The lowest BCUT2D eigenvalue weighted by Crippen LogP contribution is -1.95. The molecule has 98 valence electrons. The van der Waals surface area contributed by atoms with Gasteiger partial charge in [0.2, 0.25) is 16.3 Å². The molecule has 0 atom stereocenters. The lowest BCUT2D eigenvalue weighted by Gasteiger charge is -2.02. The minimum absolute atomic E-state index is 0.0128. The van der Waals surface area contributed by atoms with Crippen molar-refractivity contribution in [2.75, 3.05) is 0 Å². The summed E-state index contributed by atoms with van der Waals surface area (Å²) in [7, 11) is 0. The Kier molecular flexibility index (Phi) is 3.14. The Morgan fingerprint density at radius 1 is 1.10 bits per heavy atom. The van der Waals surface area contributed by atoms with Crippen molar-refractivity contribution in [1.82, 2.24) is 15.0 Å². The van der Waals surface area contributed by atoms with E-state index in [1.54, 1.807) is 24.3 Å². The number of para-hydroxylation sites is 1. The smallest absolute Gasteiger partial charge is 0.327 e. The molecule has 3 rings (SSSR count). The first-order chi connectivity index (χ1) is 9.67. The van der Waals surface area contributed by atoms with Gasteiger partial charge in [-0.25, -0.2) is 0 Å². The minimum Gasteiger partial charge on any atom is -0.442 e. The van der Waals surface area contributed by atoms with Crippen molar-refractivity contribution in [3.8, 4) is 17.8 Å². The van der Waals surface area contributed by atoms with Gasteiger partial charge < -0.3 is 9.15 Å². The largest absolute Gasteiger partial charge is 0.442 e. The van der Waals surface area contributed by atoms with Crippen molar-refractivity contribution in [1.29, 1.82) is 5.26 Å². The topological polar surface area (TPSA) is 84.8 Å². The lowest BCUT2D eigenvalue weighted by molar-refractivity contribution is 0.430. The number of benzene rings is 1. The van der Waals surface area contributed by atoms with Gasteiger partial charge in [-0.3, -0.25) is 0 Å². The summed E-state index contributed by atoms with van der Waals surface area (Å²) in [6, 6.07) is 8.84. The first-order valence-electron chi connectivity index (χ1n) is 5.34. The second-order valence-electron chi connectivity index (χ2n) is 3.63. The Morgan fingerprint density at radius 3 is 2.50 bits per heavy atom. The van der Waals surface area contributed by atoms with Crippen molar-refractivity contribution in [3.63, 3.8) is 0 Å². The average Bonchev–Trinajstić information content (AvgIpc) is 2.76. The van der Waals surface area contributed by atoms with Gasteiger partial charge in [-0.15, -0.1) is 0 Å². The summed E-state index contributed by atoms with van der Waals surface area (Å²) >= 11 is 11.3. The van der Waals surface area contributed by atoms with Crippen LogP contribution in [-0.2, 0) is 0 Å². The average molecular weight is 307 g/mol. The third kappa shape index (κ3) is 2.25. The summed E-state index contributed by atoms with van der Waals surface area (Å²) in [5.74, 6) is 0.222. The van der Waals surface area contributed by atoms with Crippen molar-refractivity contribution < 1.29 is 9.15 Å². The van der Waals surface area contributed by atoms with E-state index in [-0.39, 0.29) is 28.1 Å². The van der Waals surface area contributed by atoms with Crippen LogP contribution in [0.4, 0.5) is 0 Å². The van der Waals surface area contributed by atoms with Crippen LogP contribution in [0.3, 0.4) is 0 Å². The Labute approximate surface area is 122 Å². The molecule has 0 radical (unpaired) electrons. The van der Waals surface area contributed by atoms with Crippen LogP contribution >= 0.6 is 23.2 Å². The molecule has 0 N–H and O–H groups in total. The maximum absolute atomic E-state index is 9.08. The molecule has 0 aliphatic carbocycles. The molecule has 0 spiro atoms. The van der Waals surface area contributed by atoms with Crippen molar-refractivity contribution in [2.24, 2.45) is 0 Å². The molecule has 1 aromatic carbocycles. The zero-order chi connectivity index (χ0) is 14.1. The Morgan fingerprint density at radius 2 is 1.80 bits per heavy atom. The van der Waals surface area contributed by atoms with Gasteiger partial charge in [0.05, 0.1) is 5.39 Å². The quantitative estimate of drug-likeness (QED) is 0.719. The van der Waals surface area contributed by atoms with E-state index in [1.807, 2.05) is 6.07 Å². The highest BCUT2D eigenvalue weighted by molar-refractivity contribution is 6.31. The number of halogens is 2. The zero-order valence-electron chi connectivity index (χ0n) is 9.67. The fourth-order valence-electron chi connectivity index (χ4n) is 1.64. The number of hydrogen-bond acceptors (Lipinski definition) is 6. The first kappa shape index (κ1) is 12.7. The van der Waals surface area contributed by atoms with Gasteiger partial charge in [-0.1, -0.05) is 12.1 Å². The first-order valence-corrected chi connectivity index (χ1v) is 6.09. The number of fused-ring (bicyclic) bond motifs is 1. The molecule has 8 heteroatoms. The van der Waals surface area contributed by atoms with E-state index in [0.717, 1.165) is 0 Å². The van der Waals surface area contributed by atoms with Crippen molar-refractivity contribution in [2.45, 2.75) is 0 Å². The molecular formula is C12H4Cl2N4O2. The third-order valence-corrected chi connectivity index (χ3v) is 2.74. The Hall–Kier alpha value is -2.36. The molecular weight excluding hydrogens is 303 g/mol. The van der Waals surface area contributed by atoms with E-state index in [0.29, 0.717) is 11.0 Å². The predicted octanol–water partition coefficient (Wildman–Crippen LogP) is 3.59. The molecule has 3 aromatic rings. The molecule has 2 heterocycles. The van der Waals surface area contributed by atoms with E-state index in [4.69, 9.17) is 37.6 Å². The van der Waals surface area contributed by atoms with Crippen LogP contribution in [0, 0.1) is 11.3 Å².